The molecule has 0 aliphatic heterocycles. The summed E-state index contributed by atoms with van der Waals surface area (Å²) in [5.41, 5.74) is 5.16. The number of rotatable bonds is 3. The zero-order chi connectivity index (χ0) is 13.5. The van der Waals surface area contributed by atoms with Crippen LogP contribution in [0.4, 0.5) is 13.2 Å². The number of hydrogen-bond donors (Lipinski definition) is 2. The zero-order valence-electron chi connectivity index (χ0n) is 9.41. The van der Waals surface area contributed by atoms with E-state index in [-0.39, 0.29) is 16.5 Å². The average molecular weight is 280 g/mol. The van der Waals surface area contributed by atoms with Gasteiger partial charge in [0.25, 0.3) is 0 Å². The molecule has 18 heavy (non-hydrogen) atoms. The number of benzene rings is 1. The second-order valence-corrected chi connectivity index (χ2v) is 5.06. The van der Waals surface area contributed by atoms with E-state index in [0.717, 1.165) is 25.0 Å². The first kappa shape index (κ1) is 13.6. The van der Waals surface area contributed by atoms with Crippen LogP contribution in [0.2, 0.25) is 5.02 Å². The molecule has 0 heterocycles. The van der Waals surface area contributed by atoms with Crippen molar-refractivity contribution in [1.82, 2.24) is 0 Å². The van der Waals surface area contributed by atoms with Crippen molar-refractivity contribution in [3.05, 3.63) is 34.3 Å². The summed E-state index contributed by atoms with van der Waals surface area (Å²) in [7, 11) is 0. The molecular weight excluding hydrogens is 267 g/mol. The van der Waals surface area contributed by atoms with Crippen LogP contribution in [0, 0.1) is 5.92 Å². The molecule has 3 N–H and O–H groups in total. The van der Waals surface area contributed by atoms with Crippen LogP contribution in [0.25, 0.3) is 0 Å². The first-order valence-corrected chi connectivity index (χ1v) is 5.98. The van der Waals surface area contributed by atoms with Gasteiger partial charge in [-0.05, 0) is 42.5 Å². The van der Waals surface area contributed by atoms with Gasteiger partial charge in [0.05, 0.1) is 17.7 Å². The molecule has 0 unspecified atom stereocenters. The lowest BCUT2D eigenvalue weighted by atomic mass is 9.97. The molecule has 1 aromatic carbocycles. The molecule has 2 atom stereocenters. The van der Waals surface area contributed by atoms with Crippen molar-refractivity contribution in [2.45, 2.75) is 31.2 Å². The third kappa shape index (κ3) is 2.96. The maximum atomic E-state index is 12.6. The highest BCUT2D eigenvalue weighted by atomic mass is 35.5. The molecule has 1 aliphatic carbocycles. The summed E-state index contributed by atoms with van der Waals surface area (Å²) in [4.78, 5) is 0. The van der Waals surface area contributed by atoms with E-state index in [1.54, 1.807) is 0 Å². The summed E-state index contributed by atoms with van der Waals surface area (Å²) in [5, 5.41) is 9.82. The molecule has 100 valence electrons. The van der Waals surface area contributed by atoms with Crippen molar-refractivity contribution in [3.8, 4) is 0 Å². The van der Waals surface area contributed by atoms with Crippen molar-refractivity contribution >= 4 is 11.6 Å². The molecule has 1 fully saturated rings. The van der Waals surface area contributed by atoms with E-state index in [1.807, 2.05) is 0 Å². The summed E-state index contributed by atoms with van der Waals surface area (Å²) >= 11 is 5.66. The van der Waals surface area contributed by atoms with Crippen molar-refractivity contribution in [3.63, 3.8) is 0 Å². The molecule has 0 spiro atoms. The Labute approximate surface area is 108 Å². The van der Waals surface area contributed by atoms with Crippen LogP contribution in [0.3, 0.4) is 0 Å². The van der Waals surface area contributed by atoms with Crippen molar-refractivity contribution < 1.29 is 18.3 Å². The van der Waals surface area contributed by atoms with Crippen molar-refractivity contribution in [2.75, 3.05) is 0 Å². The number of hydrogen-bond acceptors (Lipinski definition) is 2. The first-order chi connectivity index (χ1) is 8.29. The Morgan fingerprint density at radius 3 is 2.39 bits per heavy atom. The molecule has 1 aromatic rings. The van der Waals surface area contributed by atoms with Crippen molar-refractivity contribution in [2.24, 2.45) is 11.7 Å². The van der Waals surface area contributed by atoms with Gasteiger partial charge in [-0.1, -0.05) is 11.6 Å². The van der Waals surface area contributed by atoms with E-state index < -0.39 is 23.9 Å². The van der Waals surface area contributed by atoms with Gasteiger partial charge in [0.1, 0.15) is 0 Å². The van der Waals surface area contributed by atoms with E-state index in [9.17, 15) is 18.3 Å². The van der Waals surface area contributed by atoms with Crippen LogP contribution >= 0.6 is 11.6 Å². The van der Waals surface area contributed by atoms with E-state index >= 15 is 0 Å². The Hall–Kier alpha value is -0.780. The minimum Gasteiger partial charge on any atom is -0.391 e. The van der Waals surface area contributed by atoms with Gasteiger partial charge < -0.3 is 10.8 Å². The topological polar surface area (TPSA) is 46.2 Å². The van der Waals surface area contributed by atoms with E-state index in [4.69, 9.17) is 17.3 Å². The maximum absolute atomic E-state index is 12.6. The fraction of sp³-hybridized carbons (Fsp3) is 0.500. The predicted molar refractivity (Wildman–Crippen MR) is 62.1 cm³/mol. The smallest absolute Gasteiger partial charge is 0.391 e. The number of halogens is 4. The summed E-state index contributed by atoms with van der Waals surface area (Å²) in [6.45, 7) is 0. The zero-order valence-corrected chi connectivity index (χ0v) is 10.2. The first-order valence-electron chi connectivity index (χ1n) is 5.60. The molecule has 0 saturated heterocycles. The van der Waals surface area contributed by atoms with E-state index in [1.165, 1.54) is 6.07 Å². The Bertz CT molecular complexity index is 445. The normalized spacial score (nSPS) is 19.7. The molecule has 2 rings (SSSR count). The minimum absolute atomic E-state index is 0.0294. The number of alkyl halides is 3. The number of aliphatic hydroxyl groups is 1. The highest BCUT2D eigenvalue weighted by Crippen LogP contribution is 2.39. The van der Waals surface area contributed by atoms with Gasteiger partial charge in [0.2, 0.25) is 0 Å². The third-order valence-corrected chi connectivity index (χ3v) is 3.32. The highest BCUT2D eigenvalue weighted by molar-refractivity contribution is 6.30. The fourth-order valence-corrected chi connectivity index (χ4v) is 2.14. The van der Waals surface area contributed by atoms with Gasteiger partial charge >= 0.3 is 6.18 Å². The van der Waals surface area contributed by atoms with Gasteiger partial charge in [-0.2, -0.15) is 13.2 Å². The molecule has 0 aromatic heterocycles. The van der Waals surface area contributed by atoms with Crippen LogP contribution in [0.1, 0.15) is 30.0 Å². The molecule has 1 saturated carbocycles. The van der Waals surface area contributed by atoms with E-state index in [0.29, 0.717) is 0 Å². The van der Waals surface area contributed by atoms with Gasteiger partial charge in [-0.15, -0.1) is 0 Å². The van der Waals surface area contributed by atoms with Crippen LogP contribution < -0.4 is 5.73 Å². The highest BCUT2D eigenvalue weighted by Gasteiger charge is 2.36. The van der Waals surface area contributed by atoms with Gasteiger partial charge in [-0.25, -0.2) is 0 Å². The van der Waals surface area contributed by atoms with Gasteiger partial charge in [-0.3, -0.25) is 0 Å². The second-order valence-electron chi connectivity index (χ2n) is 4.62. The quantitative estimate of drug-likeness (QED) is 0.893. The van der Waals surface area contributed by atoms with Gasteiger partial charge in [0, 0.05) is 5.02 Å². The Kier molecular flexibility index (Phi) is 3.58. The Morgan fingerprint density at radius 2 is 1.89 bits per heavy atom. The summed E-state index contributed by atoms with van der Waals surface area (Å²) in [6, 6.07) is 2.33. The van der Waals surface area contributed by atoms with E-state index in [2.05, 4.69) is 0 Å². The lowest BCUT2D eigenvalue weighted by Gasteiger charge is -2.20. The SMILES string of the molecule is N[C@@H](c1cc(Cl)cc(C(F)(F)F)c1)[C@H](O)C1CC1. The maximum Gasteiger partial charge on any atom is 0.416 e. The van der Waals surface area contributed by atoms with Crippen LogP contribution in [0.15, 0.2) is 18.2 Å². The summed E-state index contributed by atoms with van der Waals surface area (Å²) in [6.07, 6.45) is -3.56. The lowest BCUT2D eigenvalue weighted by molar-refractivity contribution is -0.137. The average Bonchev–Trinajstić information content (AvgIpc) is 3.08. The fourth-order valence-electron chi connectivity index (χ4n) is 1.90. The van der Waals surface area contributed by atoms with Crippen LogP contribution in [-0.2, 0) is 6.18 Å². The molecule has 2 nitrogen and oxygen atoms in total. The largest absolute Gasteiger partial charge is 0.416 e. The third-order valence-electron chi connectivity index (χ3n) is 3.11. The summed E-state index contributed by atoms with van der Waals surface area (Å²) in [5.74, 6) is 0.0910. The lowest BCUT2D eigenvalue weighted by Crippen LogP contribution is -2.28. The second kappa shape index (κ2) is 4.72. The van der Waals surface area contributed by atoms with Crippen molar-refractivity contribution in [1.29, 1.82) is 0 Å². The molecule has 0 bridgehead atoms. The minimum atomic E-state index is -4.47. The standard InChI is InChI=1S/C12H13ClF3NO/c13-9-4-7(3-8(5-9)12(14,15)16)10(17)11(18)6-1-2-6/h3-6,10-11,18H,1-2,17H2/t10-,11+/m0/s1. The predicted octanol–water partition coefficient (Wildman–Crippen LogP) is 3.13. The number of nitrogens with two attached hydrogens (primary N) is 1. The Morgan fingerprint density at radius 1 is 1.28 bits per heavy atom. The van der Waals surface area contributed by atoms with Crippen LogP contribution in [-0.4, -0.2) is 11.2 Å². The summed E-state index contributed by atoms with van der Waals surface area (Å²) < 4.78 is 37.9. The number of aliphatic hydroxyl groups excluding tert-OH is 1. The van der Waals surface area contributed by atoms with Crippen LogP contribution in [0.5, 0.6) is 0 Å². The monoisotopic (exact) mass is 279 g/mol. The molecular formula is C12H13ClF3NO. The van der Waals surface area contributed by atoms with Gasteiger partial charge in [0.15, 0.2) is 0 Å². The Balaban J connectivity index is 2.29. The molecule has 0 radical (unpaired) electrons. The molecule has 0 amide bonds. The molecule has 6 heteroatoms. The molecule has 1 aliphatic rings.